The lowest BCUT2D eigenvalue weighted by Gasteiger charge is -2.17. The van der Waals surface area contributed by atoms with Gasteiger partial charge in [-0.15, -0.1) is 5.10 Å². The molecule has 0 aliphatic heterocycles. The highest BCUT2D eigenvalue weighted by Gasteiger charge is 2.23. The first-order valence-electron chi connectivity index (χ1n) is 6.12. The highest BCUT2D eigenvalue weighted by atomic mass is 32.1. The maximum atomic E-state index is 4.26. The van der Waals surface area contributed by atoms with E-state index in [9.17, 15) is 0 Å². The van der Waals surface area contributed by atoms with Gasteiger partial charge in [-0.1, -0.05) is 38.1 Å². The van der Waals surface area contributed by atoms with Crippen LogP contribution in [0.25, 0.3) is 0 Å². The van der Waals surface area contributed by atoms with Crippen molar-refractivity contribution in [3.63, 3.8) is 0 Å². The summed E-state index contributed by atoms with van der Waals surface area (Å²) in [6, 6.07) is 0.718. The zero-order valence-corrected chi connectivity index (χ0v) is 11.2. The van der Waals surface area contributed by atoms with Crippen molar-refractivity contribution in [2.45, 2.75) is 64.5 Å². The average Bonchev–Trinajstić information content (AvgIpc) is 2.85. The summed E-state index contributed by atoms with van der Waals surface area (Å²) in [7, 11) is 0. The standard InChI is InChI=1S/C12H21N3S/c1-12(2,3)11-10(16-15-14-11)8-13-9-6-4-5-7-9/h9,13H,4-8H2,1-3H3. The number of rotatable bonds is 3. The first-order valence-corrected chi connectivity index (χ1v) is 6.90. The molecule has 1 heterocycles. The Balaban J connectivity index is 1.96. The van der Waals surface area contributed by atoms with Crippen molar-refractivity contribution in [2.24, 2.45) is 0 Å². The van der Waals surface area contributed by atoms with Crippen LogP contribution in [0.4, 0.5) is 0 Å². The molecule has 16 heavy (non-hydrogen) atoms. The van der Waals surface area contributed by atoms with Gasteiger partial charge in [-0.3, -0.25) is 0 Å². The largest absolute Gasteiger partial charge is 0.309 e. The monoisotopic (exact) mass is 239 g/mol. The van der Waals surface area contributed by atoms with E-state index in [1.165, 1.54) is 42.1 Å². The third-order valence-electron chi connectivity index (χ3n) is 3.17. The summed E-state index contributed by atoms with van der Waals surface area (Å²) in [6.07, 6.45) is 5.42. The lowest BCUT2D eigenvalue weighted by atomic mass is 9.91. The molecular formula is C12H21N3S. The lowest BCUT2D eigenvalue weighted by Crippen LogP contribution is -2.26. The summed E-state index contributed by atoms with van der Waals surface area (Å²) in [5.41, 5.74) is 1.27. The Morgan fingerprint density at radius 2 is 2.00 bits per heavy atom. The molecule has 0 aromatic carbocycles. The zero-order chi connectivity index (χ0) is 11.6. The molecule has 1 saturated carbocycles. The summed E-state index contributed by atoms with van der Waals surface area (Å²) in [5.74, 6) is 0. The van der Waals surface area contributed by atoms with Gasteiger partial charge in [0.05, 0.1) is 10.6 Å². The molecule has 4 heteroatoms. The number of nitrogens with one attached hydrogen (secondary N) is 1. The minimum atomic E-state index is 0.111. The highest BCUT2D eigenvalue weighted by molar-refractivity contribution is 7.05. The molecule has 90 valence electrons. The first kappa shape index (κ1) is 12.0. The van der Waals surface area contributed by atoms with Crippen molar-refractivity contribution in [1.29, 1.82) is 0 Å². The molecule has 1 aromatic heterocycles. The molecule has 2 rings (SSSR count). The summed E-state index contributed by atoms with van der Waals surface area (Å²) in [6.45, 7) is 7.53. The Kier molecular flexibility index (Phi) is 3.60. The van der Waals surface area contributed by atoms with Gasteiger partial charge in [-0.05, 0) is 24.4 Å². The van der Waals surface area contributed by atoms with E-state index in [1.807, 2.05) is 0 Å². The maximum absolute atomic E-state index is 4.26. The highest BCUT2D eigenvalue weighted by Crippen LogP contribution is 2.26. The van der Waals surface area contributed by atoms with Gasteiger partial charge in [-0.2, -0.15) is 0 Å². The van der Waals surface area contributed by atoms with Crippen LogP contribution < -0.4 is 5.32 Å². The van der Waals surface area contributed by atoms with E-state index in [4.69, 9.17) is 0 Å². The Morgan fingerprint density at radius 3 is 2.62 bits per heavy atom. The zero-order valence-electron chi connectivity index (χ0n) is 10.4. The van der Waals surface area contributed by atoms with Crippen LogP contribution in [0.3, 0.4) is 0 Å². The molecular weight excluding hydrogens is 218 g/mol. The van der Waals surface area contributed by atoms with Gasteiger partial charge in [0.25, 0.3) is 0 Å². The number of nitrogens with zero attached hydrogens (tertiary/aromatic N) is 2. The maximum Gasteiger partial charge on any atom is 0.0854 e. The summed E-state index contributed by atoms with van der Waals surface area (Å²) >= 11 is 1.54. The van der Waals surface area contributed by atoms with Crippen LogP contribution in [0.5, 0.6) is 0 Å². The molecule has 1 aliphatic rings. The minimum absolute atomic E-state index is 0.111. The molecule has 0 bridgehead atoms. The second-order valence-electron chi connectivity index (χ2n) is 5.66. The summed E-state index contributed by atoms with van der Waals surface area (Å²) in [5, 5.41) is 7.89. The fraction of sp³-hybridized carbons (Fsp3) is 0.833. The topological polar surface area (TPSA) is 37.8 Å². The van der Waals surface area contributed by atoms with Crippen LogP contribution in [0, 0.1) is 0 Å². The average molecular weight is 239 g/mol. The smallest absolute Gasteiger partial charge is 0.0854 e. The Bertz CT molecular complexity index is 334. The van der Waals surface area contributed by atoms with Crippen molar-refractivity contribution in [2.75, 3.05) is 0 Å². The Labute approximate surface area is 102 Å². The van der Waals surface area contributed by atoms with Crippen LogP contribution in [-0.4, -0.2) is 15.6 Å². The molecule has 0 unspecified atom stereocenters. The van der Waals surface area contributed by atoms with Crippen LogP contribution in [0.2, 0.25) is 0 Å². The van der Waals surface area contributed by atoms with Gasteiger partial charge in [0, 0.05) is 18.0 Å². The summed E-state index contributed by atoms with van der Waals surface area (Å²) < 4.78 is 4.09. The second kappa shape index (κ2) is 4.80. The van der Waals surface area contributed by atoms with Crippen LogP contribution in [0.1, 0.15) is 57.0 Å². The van der Waals surface area contributed by atoms with Gasteiger partial charge < -0.3 is 5.32 Å². The van der Waals surface area contributed by atoms with Crippen molar-refractivity contribution in [3.8, 4) is 0 Å². The van der Waals surface area contributed by atoms with Crippen molar-refractivity contribution in [3.05, 3.63) is 10.6 Å². The van der Waals surface area contributed by atoms with E-state index in [2.05, 4.69) is 35.7 Å². The molecule has 0 saturated heterocycles. The van der Waals surface area contributed by atoms with Crippen LogP contribution in [0.15, 0.2) is 0 Å². The third kappa shape index (κ3) is 2.80. The molecule has 0 radical (unpaired) electrons. The second-order valence-corrected chi connectivity index (χ2v) is 6.50. The molecule has 0 atom stereocenters. The van der Waals surface area contributed by atoms with E-state index in [0.29, 0.717) is 0 Å². The van der Waals surface area contributed by atoms with Crippen molar-refractivity contribution in [1.82, 2.24) is 14.9 Å². The Hall–Kier alpha value is -0.480. The third-order valence-corrected chi connectivity index (χ3v) is 3.89. The predicted molar refractivity (Wildman–Crippen MR) is 67.7 cm³/mol. The molecule has 1 aromatic rings. The lowest BCUT2D eigenvalue weighted by molar-refractivity contribution is 0.511. The van der Waals surface area contributed by atoms with Crippen molar-refractivity contribution < 1.29 is 0 Å². The number of hydrogen-bond acceptors (Lipinski definition) is 4. The van der Waals surface area contributed by atoms with Gasteiger partial charge in [-0.25, -0.2) is 0 Å². The molecule has 3 nitrogen and oxygen atoms in total. The quantitative estimate of drug-likeness (QED) is 0.881. The van der Waals surface area contributed by atoms with E-state index < -0.39 is 0 Å². The van der Waals surface area contributed by atoms with E-state index in [-0.39, 0.29) is 5.41 Å². The van der Waals surface area contributed by atoms with E-state index in [0.717, 1.165) is 18.3 Å². The first-order chi connectivity index (χ1) is 7.57. The fourth-order valence-corrected chi connectivity index (χ4v) is 3.06. The van der Waals surface area contributed by atoms with Crippen LogP contribution >= 0.6 is 11.5 Å². The van der Waals surface area contributed by atoms with Gasteiger partial charge >= 0.3 is 0 Å². The number of hydrogen-bond donors (Lipinski definition) is 1. The molecule has 1 N–H and O–H groups in total. The van der Waals surface area contributed by atoms with E-state index in [1.54, 1.807) is 0 Å². The number of aromatic nitrogens is 2. The van der Waals surface area contributed by atoms with E-state index >= 15 is 0 Å². The Morgan fingerprint density at radius 1 is 1.31 bits per heavy atom. The molecule has 0 amide bonds. The molecule has 0 spiro atoms. The van der Waals surface area contributed by atoms with Gasteiger partial charge in [0.1, 0.15) is 0 Å². The van der Waals surface area contributed by atoms with Gasteiger partial charge in [0.15, 0.2) is 0 Å². The van der Waals surface area contributed by atoms with Gasteiger partial charge in [0.2, 0.25) is 0 Å². The predicted octanol–water partition coefficient (Wildman–Crippen LogP) is 2.87. The fourth-order valence-electron chi connectivity index (χ4n) is 2.26. The van der Waals surface area contributed by atoms with Crippen LogP contribution in [-0.2, 0) is 12.0 Å². The molecule has 1 fully saturated rings. The normalized spacial score (nSPS) is 18.2. The SMILES string of the molecule is CC(C)(C)c1nnsc1CNC1CCCC1. The van der Waals surface area contributed by atoms with Crippen molar-refractivity contribution >= 4 is 11.5 Å². The summed E-state index contributed by atoms with van der Waals surface area (Å²) in [4.78, 5) is 1.31. The molecule has 1 aliphatic carbocycles. The minimum Gasteiger partial charge on any atom is -0.309 e.